The second-order valence-electron chi connectivity index (χ2n) is 2.11. The molecule has 0 fully saturated rings. The quantitative estimate of drug-likeness (QED) is 0.334. The molecule has 0 aromatic heterocycles. The van der Waals surface area contributed by atoms with E-state index in [4.69, 9.17) is 15.3 Å². The third-order valence-electron chi connectivity index (χ3n) is 0.987. The minimum atomic E-state index is -1.74. The van der Waals surface area contributed by atoms with Gasteiger partial charge in [0.1, 0.15) is 6.10 Å². The first kappa shape index (κ1) is 11.0. The maximum atomic E-state index is 10.5. The Morgan fingerprint density at radius 2 is 1.83 bits per heavy atom. The molecule has 0 saturated heterocycles. The summed E-state index contributed by atoms with van der Waals surface area (Å²) >= 11 is 0. The Morgan fingerprint density at radius 1 is 1.33 bits per heavy atom. The van der Waals surface area contributed by atoms with Crippen LogP contribution in [0.15, 0.2) is 0 Å². The van der Waals surface area contributed by atoms with Crippen molar-refractivity contribution in [1.82, 2.24) is 0 Å². The van der Waals surface area contributed by atoms with E-state index >= 15 is 0 Å². The van der Waals surface area contributed by atoms with Gasteiger partial charge in [-0.15, -0.1) is 0 Å². The molecule has 0 spiro atoms. The summed E-state index contributed by atoms with van der Waals surface area (Å²) in [6.07, 6.45) is -3.17. The molecule has 0 aromatic rings. The van der Waals surface area contributed by atoms with E-state index in [0.29, 0.717) is 0 Å². The van der Waals surface area contributed by atoms with Crippen LogP contribution in [0.2, 0.25) is 0 Å². The van der Waals surface area contributed by atoms with Gasteiger partial charge in [-0.1, -0.05) is 0 Å². The summed E-state index contributed by atoms with van der Waals surface area (Å²) in [5.41, 5.74) is 0. The zero-order chi connectivity index (χ0) is 9.72. The number of hydrogen-bond acceptors (Lipinski definition) is 6. The zero-order valence-electron chi connectivity index (χ0n) is 6.43. The van der Waals surface area contributed by atoms with Crippen molar-refractivity contribution >= 4 is 11.9 Å². The Morgan fingerprint density at radius 3 is 2.17 bits per heavy atom. The summed E-state index contributed by atoms with van der Waals surface area (Å²) in [6.45, 7) is 0.285. The van der Waals surface area contributed by atoms with Gasteiger partial charge in [0, 0.05) is 0 Å². The Labute approximate surface area is 68.4 Å². The molecule has 0 aliphatic rings. The summed E-state index contributed by atoms with van der Waals surface area (Å²) in [7, 11) is 0. The van der Waals surface area contributed by atoms with Gasteiger partial charge in [0.15, 0.2) is 6.10 Å². The van der Waals surface area contributed by atoms with Gasteiger partial charge in [0.25, 0.3) is 0 Å². The maximum absolute atomic E-state index is 10.5. The first-order chi connectivity index (χ1) is 5.49. The van der Waals surface area contributed by atoms with Gasteiger partial charge < -0.3 is 20.1 Å². The second-order valence-corrected chi connectivity index (χ2v) is 2.11. The Kier molecular flexibility index (Phi) is 4.42. The Bertz CT molecular complexity index is 175. The number of rotatable bonds is 3. The lowest BCUT2D eigenvalue weighted by Gasteiger charge is -2.07. The third kappa shape index (κ3) is 3.42. The molecule has 0 amide bonds. The normalized spacial score (nSPS) is 15.0. The average Bonchev–Trinajstić information content (AvgIpc) is 2.02. The average molecular weight is 178 g/mol. The molecular weight excluding hydrogens is 168 g/mol. The second kappa shape index (κ2) is 4.81. The van der Waals surface area contributed by atoms with Gasteiger partial charge in [0.2, 0.25) is 0 Å². The van der Waals surface area contributed by atoms with Crippen LogP contribution in [-0.2, 0) is 14.3 Å². The van der Waals surface area contributed by atoms with Crippen molar-refractivity contribution in [3.8, 4) is 0 Å². The molecule has 70 valence electrons. The fraction of sp³-hybridized carbons (Fsp3) is 0.667. The predicted octanol–water partition coefficient (Wildman–Crippen LogP) is -2.21. The first-order valence-electron chi connectivity index (χ1n) is 3.21. The predicted molar refractivity (Wildman–Crippen MR) is 35.9 cm³/mol. The molecule has 2 unspecified atom stereocenters. The Balaban J connectivity index is 3.93. The van der Waals surface area contributed by atoms with Crippen molar-refractivity contribution in [1.29, 1.82) is 0 Å². The Hall–Kier alpha value is -0.980. The monoisotopic (exact) mass is 178 g/mol. The molecule has 0 heterocycles. The number of ether oxygens (including phenoxy) is 1. The minimum Gasteiger partial charge on any atom is -0.393 e. The van der Waals surface area contributed by atoms with E-state index in [1.54, 1.807) is 0 Å². The molecule has 0 radical (unpaired) electrons. The smallest absolute Gasteiger partial charge is 0.345 e. The largest absolute Gasteiger partial charge is 0.393 e. The van der Waals surface area contributed by atoms with E-state index in [9.17, 15) is 9.59 Å². The lowest BCUT2D eigenvalue weighted by molar-refractivity contribution is -0.171. The highest BCUT2D eigenvalue weighted by molar-refractivity contribution is 5.89. The van der Waals surface area contributed by atoms with E-state index in [2.05, 4.69) is 4.74 Å². The lowest BCUT2D eigenvalue weighted by atomic mass is 10.4. The van der Waals surface area contributed by atoms with Crippen molar-refractivity contribution in [2.24, 2.45) is 0 Å². The first-order valence-corrected chi connectivity index (χ1v) is 3.21. The summed E-state index contributed by atoms with van der Waals surface area (Å²) in [5.74, 6) is -2.43. The number of carbonyl (C=O) groups excluding carboxylic acids is 2. The summed E-state index contributed by atoms with van der Waals surface area (Å²) in [5, 5.41) is 25.4. The highest BCUT2D eigenvalue weighted by atomic mass is 16.6. The van der Waals surface area contributed by atoms with E-state index in [1.165, 1.54) is 0 Å². The summed E-state index contributed by atoms with van der Waals surface area (Å²) < 4.78 is 3.93. The lowest BCUT2D eigenvalue weighted by Crippen LogP contribution is -2.32. The van der Waals surface area contributed by atoms with Crippen LogP contribution in [-0.4, -0.2) is 46.1 Å². The molecule has 6 nitrogen and oxygen atoms in total. The number of aliphatic hydroxyl groups is 3. The molecule has 0 aliphatic carbocycles. The van der Waals surface area contributed by atoms with Gasteiger partial charge in [-0.2, -0.15) is 0 Å². The number of esters is 2. The van der Waals surface area contributed by atoms with Crippen molar-refractivity contribution < 1.29 is 29.6 Å². The van der Waals surface area contributed by atoms with Crippen molar-refractivity contribution in [3.63, 3.8) is 0 Å². The highest BCUT2D eigenvalue weighted by Crippen LogP contribution is 1.92. The third-order valence-corrected chi connectivity index (χ3v) is 0.987. The molecule has 6 heteroatoms. The maximum Gasteiger partial charge on any atom is 0.345 e. The molecule has 2 atom stereocenters. The summed E-state index contributed by atoms with van der Waals surface area (Å²) in [4.78, 5) is 21.0. The van der Waals surface area contributed by atoms with Gasteiger partial charge in [-0.05, 0) is 6.92 Å². The van der Waals surface area contributed by atoms with Crippen LogP contribution in [0.5, 0.6) is 0 Å². The van der Waals surface area contributed by atoms with Crippen molar-refractivity contribution in [2.75, 3.05) is 6.61 Å². The molecule has 0 aliphatic heterocycles. The minimum absolute atomic E-state index is 0.827. The van der Waals surface area contributed by atoms with Crippen LogP contribution >= 0.6 is 0 Å². The van der Waals surface area contributed by atoms with Crippen LogP contribution in [0.25, 0.3) is 0 Å². The standard InChI is InChI=1S/C6H10O6/c1-3(8)5(10)12-6(11)4(9)2-7/h3-4,7-9H,2H2,1H3. The number of aliphatic hydroxyl groups excluding tert-OH is 3. The van der Waals surface area contributed by atoms with Crippen LogP contribution in [0, 0.1) is 0 Å². The summed E-state index contributed by atoms with van der Waals surface area (Å²) in [6, 6.07) is 0. The van der Waals surface area contributed by atoms with E-state index in [-0.39, 0.29) is 0 Å². The number of hydrogen-bond donors (Lipinski definition) is 3. The van der Waals surface area contributed by atoms with Crippen LogP contribution < -0.4 is 0 Å². The molecule has 3 N–H and O–H groups in total. The fourth-order valence-corrected chi connectivity index (χ4v) is 0.327. The molecule has 0 bridgehead atoms. The topological polar surface area (TPSA) is 104 Å². The van der Waals surface area contributed by atoms with Crippen molar-refractivity contribution in [2.45, 2.75) is 19.1 Å². The van der Waals surface area contributed by atoms with E-state index < -0.39 is 30.8 Å². The van der Waals surface area contributed by atoms with Crippen LogP contribution in [0.3, 0.4) is 0 Å². The molecular formula is C6H10O6. The van der Waals surface area contributed by atoms with Crippen LogP contribution in [0.1, 0.15) is 6.92 Å². The number of carbonyl (C=O) groups is 2. The molecule has 0 saturated carbocycles. The highest BCUT2D eigenvalue weighted by Gasteiger charge is 2.21. The van der Waals surface area contributed by atoms with Crippen LogP contribution in [0.4, 0.5) is 0 Å². The van der Waals surface area contributed by atoms with Gasteiger partial charge in [-0.3, -0.25) is 0 Å². The van der Waals surface area contributed by atoms with Gasteiger partial charge in [0.05, 0.1) is 6.61 Å². The van der Waals surface area contributed by atoms with E-state index in [1.807, 2.05) is 0 Å². The van der Waals surface area contributed by atoms with Gasteiger partial charge in [-0.25, -0.2) is 9.59 Å². The van der Waals surface area contributed by atoms with Crippen molar-refractivity contribution in [3.05, 3.63) is 0 Å². The molecule has 0 rings (SSSR count). The fourth-order valence-electron chi connectivity index (χ4n) is 0.327. The van der Waals surface area contributed by atoms with Gasteiger partial charge >= 0.3 is 11.9 Å². The molecule has 0 aromatic carbocycles. The molecule has 12 heavy (non-hydrogen) atoms. The van der Waals surface area contributed by atoms with E-state index in [0.717, 1.165) is 6.92 Å². The zero-order valence-corrected chi connectivity index (χ0v) is 6.43. The SMILES string of the molecule is CC(O)C(=O)OC(=O)C(O)CO.